The molecule has 1 aliphatic carbocycles. The third-order valence-electron chi connectivity index (χ3n) is 4.94. The monoisotopic (exact) mass is 347 g/mol. The van der Waals surface area contributed by atoms with E-state index in [1.165, 1.54) is 0 Å². The molecule has 2 aliphatic rings. The first kappa shape index (κ1) is 17.8. The van der Waals surface area contributed by atoms with Crippen molar-refractivity contribution in [3.63, 3.8) is 0 Å². The SMILES string of the molecule is CN(C)c1nccnc1N1CC2CCC(NC(=O)OC(C)(C)C)C2C1. The molecule has 3 rings (SSSR count). The smallest absolute Gasteiger partial charge is 0.407 e. The maximum atomic E-state index is 12.1. The molecule has 0 radical (unpaired) electrons. The average Bonchev–Trinajstić information content (AvgIpc) is 3.07. The van der Waals surface area contributed by atoms with Crippen molar-refractivity contribution >= 4 is 17.7 Å². The van der Waals surface area contributed by atoms with Crippen LogP contribution in [0.3, 0.4) is 0 Å². The van der Waals surface area contributed by atoms with E-state index in [1.807, 2.05) is 39.8 Å². The highest BCUT2D eigenvalue weighted by atomic mass is 16.6. The Balaban J connectivity index is 1.67. The largest absolute Gasteiger partial charge is 0.444 e. The fraction of sp³-hybridized carbons (Fsp3) is 0.722. The Morgan fingerprint density at radius 1 is 1.24 bits per heavy atom. The zero-order valence-electron chi connectivity index (χ0n) is 15.8. The molecule has 1 amide bonds. The Labute approximate surface area is 149 Å². The maximum absolute atomic E-state index is 12.1. The molecule has 1 aromatic rings. The number of alkyl carbamates (subject to hydrolysis) is 1. The normalized spacial score (nSPS) is 25.6. The summed E-state index contributed by atoms with van der Waals surface area (Å²) >= 11 is 0. The highest BCUT2D eigenvalue weighted by Gasteiger charge is 2.44. The lowest BCUT2D eigenvalue weighted by Crippen LogP contribution is -2.42. The molecule has 1 N–H and O–H groups in total. The van der Waals surface area contributed by atoms with E-state index in [4.69, 9.17) is 4.74 Å². The van der Waals surface area contributed by atoms with Crippen LogP contribution in [0.4, 0.5) is 16.4 Å². The highest BCUT2D eigenvalue weighted by Crippen LogP contribution is 2.41. The molecule has 138 valence electrons. The summed E-state index contributed by atoms with van der Waals surface area (Å²) < 4.78 is 5.42. The Morgan fingerprint density at radius 2 is 1.96 bits per heavy atom. The van der Waals surface area contributed by atoms with Gasteiger partial charge in [-0.2, -0.15) is 0 Å². The number of aromatic nitrogens is 2. The van der Waals surface area contributed by atoms with E-state index in [0.29, 0.717) is 11.8 Å². The van der Waals surface area contributed by atoms with Crippen molar-refractivity contribution < 1.29 is 9.53 Å². The molecular formula is C18H29N5O2. The highest BCUT2D eigenvalue weighted by molar-refractivity contribution is 5.68. The van der Waals surface area contributed by atoms with Crippen molar-refractivity contribution in [2.24, 2.45) is 11.8 Å². The number of amides is 1. The van der Waals surface area contributed by atoms with Gasteiger partial charge in [-0.3, -0.25) is 0 Å². The van der Waals surface area contributed by atoms with Crippen molar-refractivity contribution in [1.29, 1.82) is 0 Å². The van der Waals surface area contributed by atoms with E-state index in [2.05, 4.69) is 20.2 Å². The minimum Gasteiger partial charge on any atom is -0.444 e. The molecule has 7 nitrogen and oxygen atoms in total. The first-order chi connectivity index (χ1) is 11.7. The summed E-state index contributed by atoms with van der Waals surface area (Å²) in [6.07, 6.45) is 5.29. The van der Waals surface area contributed by atoms with Crippen LogP contribution in [0.15, 0.2) is 12.4 Å². The number of anilines is 2. The van der Waals surface area contributed by atoms with E-state index in [1.54, 1.807) is 12.4 Å². The summed E-state index contributed by atoms with van der Waals surface area (Å²) in [4.78, 5) is 25.4. The van der Waals surface area contributed by atoms with Gasteiger partial charge < -0.3 is 19.9 Å². The summed E-state index contributed by atoms with van der Waals surface area (Å²) in [5.74, 6) is 2.83. The standard InChI is InChI=1S/C18H29N5O2/c1-18(2,3)25-17(24)21-14-7-6-12-10-23(11-13(12)14)16-15(22(4)5)19-8-9-20-16/h8-9,12-14H,6-7,10-11H2,1-5H3,(H,21,24). The molecule has 2 fully saturated rings. The van der Waals surface area contributed by atoms with Gasteiger partial charge in [-0.1, -0.05) is 0 Å². The number of fused-ring (bicyclic) bond motifs is 1. The number of ether oxygens (including phenoxy) is 1. The second kappa shape index (κ2) is 6.69. The number of hydrogen-bond donors (Lipinski definition) is 1. The molecule has 2 heterocycles. The van der Waals surface area contributed by atoms with Crippen molar-refractivity contribution in [2.75, 3.05) is 37.0 Å². The van der Waals surface area contributed by atoms with Crippen molar-refractivity contribution in [1.82, 2.24) is 15.3 Å². The number of rotatable bonds is 3. The lowest BCUT2D eigenvalue weighted by molar-refractivity contribution is 0.0493. The van der Waals surface area contributed by atoms with Crippen LogP contribution in [0.5, 0.6) is 0 Å². The van der Waals surface area contributed by atoms with Crippen molar-refractivity contribution in [3.8, 4) is 0 Å². The van der Waals surface area contributed by atoms with Crippen molar-refractivity contribution in [2.45, 2.75) is 45.3 Å². The Morgan fingerprint density at radius 3 is 2.64 bits per heavy atom. The molecular weight excluding hydrogens is 318 g/mol. The Bertz CT molecular complexity index is 628. The summed E-state index contributed by atoms with van der Waals surface area (Å²) in [5, 5.41) is 3.08. The van der Waals surface area contributed by atoms with Gasteiger partial charge in [0, 0.05) is 51.5 Å². The number of nitrogens with zero attached hydrogens (tertiary/aromatic N) is 4. The van der Waals surface area contributed by atoms with Gasteiger partial charge in [0.05, 0.1) is 0 Å². The molecule has 25 heavy (non-hydrogen) atoms. The number of nitrogens with one attached hydrogen (secondary N) is 1. The molecule has 1 saturated carbocycles. The minimum absolute atomic E-state index is 0.171. The Hall–Kier alpha value is -2.05. The lowest BCUT2D eigenvalue weighted by atomic mass is 9.98. The van der Waals surface area contributed by atoms with Crippen LogP contribution in [0, 0.1) is 11.8 Å². The van der Waals surface area contributed by atoms with Gasteiger partial charge in [0.2, 0.25) is 0 Å². The molecule has 0 aromatic carbocycles. The van der Waals surface area contributed by atoms with Crippen LogP contribution in [0.25, 0.3) is 0 Å². The van der Waals surface area contributed by atoms with Gasteiger partial charge in [-0.15, -0.1) is 0 Å². The quantitative estimate of drug-likeness (QED) is 0.904. The molecule has 0 bridgehead atoms. The summed E-state index contributed by atoms with van der Waals surface area (Å²) in [6.45, 7) is 7.52. The van der Waals surface area contributed by atoms with Crippen LogP contribution >= 0.6 is 0 Å². The zero-order valence-corrected chi connectivity index (χ0v) is 15.8. The fourth-order valence-corrected chi connectivity index (χ4v) is 3.94. The van der Waals surface area contributed by atoms with E-state index < -0.39 is 5.60 Å². The Kier molecular flexibility index (Phi) is 4.75. The number of carbonyl (C=O) groups excluding carboxylic acids is 1. The molecule has 1 aromatic heterocycles. The third kappa shape index (κ3) is 3.96. The van der Waals surface area contributed by atoms with Gasteiger partial charge >= 0.3 is 6.09 Å². The summed E-state index contributed by atoms with van der Waals surface area (Å²) in [7, 11) is 3.97. The molecule has 1 aliphatic heterocycles. The number of hydrogen-bond acceptors (Lipinski definition) is 6. The predicted molar refractivity (Wildman–Crippen MR) is 97.9 cm³/mol. The first-order valence-corrected chi connectivity index (χ1v) is 8.97. The fourth-order valence-electron chi connectivity index (χ4n) is 3.94. The third-order valence-corrected chi connectivity index (χ3v) is 4.94. The van der Waals surface area contributed by atoms with Crippen LogP contribution < -0.4 is 15.1 Å². The van der Waals surface area contributed by atoms with Gasteiger partial charge in [0.15, 0.2) is 11.6 Å². The summed E-state index contributed by atoms with van der Waals surface area (Å²) in [6, 6.07) is 0.171. The van der Waals surface area contributed by atoms with Crippen LogP contribution in [0.2, 0.25) is 0 Å². The molecule has 3 atom stereocenters. The molecule has 0 spiro atoms. The van der Waals surface area contributed by atoms with Gasteiger partial charge in [0.1, 0.15) is 5.60 Å². The van der Waals surface area contributed by atoms with E-state index in [9.17, 15) is 4.79 Å². The minimum atomic E-state index is -0.468. The first-order valence-electron chi connectivity index (χ1n) is 8.97. The maximum Gasteiger partial charge on any atom is 0.407 e. The van der Waals surface area contributed by atoms with Gasteiger partial charge in [-0.05, 0) is 39.5 Å². The second-order valence-electron chi connectivity index (χ2n) is 8.26. The molecule has 1 saturated heterocycles. The van der Waals surface area contributed by atoms with Crippen LogP contribution in [-0.4, -0.2) is 54.9 Å². The van der Waals surface area contributed by atoms with Crippen molar-refractivity contribution in [3.05, 3.63) is 12.4 Å². The number of carbonyl (C=O) groups is 1. The van der Waals surface area contributed by atoms with E-state index >= 15 is 0 Å². The molecule has 3 unspecified atom stereocenters. The van der Waals surface area contributed by atoms with E-state index in [-0.39, 0.29) is 12.1 Å². The average molecular weight is 347 g/mol. The van der Waals surface area contributed by atoms with Crippen LogP contribution in [-0.2, 0) is 4.74 Å². The van der Waals surface area contributed by atoms with Gasteiger partial charge in [0.25, 0.3) is 0 Å². The van der Waals surface area contributed by atoms with Gasteiger partial charge in [-0.25, -0.2) is 14.8 Å². The zero-order chi connectivity index (χ0) is 18.2. The molecule has 7 heteroatoms. The van der Waals surface area contributed by atoms with Crippen LogP contribution in [0.1, 0.15) is 33.6 Å². The summed E-state index contributed by atoms with van der Waals surface area (Å²) in [5.41, 5.74) is -0.468. The second-order valence-corrected chi connectivity index (χ2v) is 8.26. The predicted octanol–water partition coefficient (Wildman–Crippen LogP) is 2.28. The van der Waals surface area contributed by atoms with E-state index in [0.717, 1.165) is 37.6 Å². The lowest BCUT2D eigenvalue weighted by Gasteiger charge is -2.26. The topological polar surface area (TPSA) is 70.6 Å².